The van der Waals surface area contributed by atoms with Gasteiger partial charge < -0.3 is 107 Å². The van der Waals surface area contributed by atoms with Crippen LogP contribution in [0.25, 0.3) is 11.1 Å². The molecule has 0 aromatic heterocycles. The Labute approximate surface area is 783 Å². The number of ether oxygens (including phenoxy) is 6. The molecule has 36 heteroatoms. The molecule has 0 radical (unpaired) electrons. The van der Waals surface area contributed by atoms with E-state index in [2.05, 4.69) is 38.8 Å². The van der Waals surface area contributed by atoms with Crippen molar-refractivity contribution < 1.29 is 126 Å². The normalized spacial score (nSPS) is 31.3. The second-order valence-electron chi connectivity index (χ2n) is 39.1. The molecule has 17 N–H and O–H groups in total. The predicted molar refractivity (Wildman–Crippen MR) is 486 cm³/mol. The fourth-order valence-corrected chi connectivity index (χ4v) is 23.1. The van der Waals surface area contributed by atoms with E-state index in [0.29, 0.717) is 43.9 Å². The molecule has 726 valence electrons. The van der Waals surface area contributed by atoms with E-state index >= 15 is 28.8 Å². The molecule has 17 rings (SSSR count). The quantitative estimate of drug-likeness (QED) is 0.0217. The highest BCUT2D eigenvalue weighted by Crippen LogP contribution is 2.59. The van der Waals surface area contributed by atoms with Crippen LogP contribution in [0, 0.1) is 53.3 Å². The summed E-state index contributed by atoms with van der Waals surface area (Å²) in [4.78, 5) is 140. The molecule has 33 nitrogen and oxygen atoms in total. The van der Waals surface area contributed by atoms with E-state index < -0.39 is 238 Å². The minimum atomic E-state index is -3.39. The molecular weight excluding hydrogens is 1780 g/mol. The number of nitrogens with one attached hydrogen (secondary N) is 6. The first-order valence-electron chi connectivity index (χ1n) is 47.0. The highest BCUT2D eigenvalue weighted by Gasteiger charge is 2.54. The first-order valence-corrected chi connectivity index (χ1v) is 49.6. The van der Waals surface area contributed by atoms with Crippen molar-refractivity contribution in [2.45, 2.75) is 299 Å². The van der Waals surface area contributed by atoms with E-state index in [0.717, 1.165) is 69.9 Å². The number of aliphatic hydroxyl groups excluding tert-OH is 6. The van der Waals surface area contributed by atoms with E-state index in [9.17, 15) is 68.8 Å². The lowest BCUT2D eigenvalue weighted by molar-refractivity contribution is -0.333. The summed E-state index contributed by atoms with van der Waals surface area (Å²) in [6.45, 7) is 9.56. The Morgan fingerprint density at radius 3 is 2.09 bits per heavy atom. The molecule has 6 amide bonds. The molecule has 0 unspecified atom stereocenters. The van der Waals surface area contributed by atoms with Crippen molar-refractivity contribution in [2.75, 3.05) is 24.7 Å². The van der Waals surface area contributed by atoms with Gasteiger partial charge >= 0.3 is 0 Å². The smallest absolute Gasteiger partial charge is 0.246 e. The van der Waals surface area contributed by atoms with Crippen molar-refractivity contribution in [1.29, 1.82) is 0 Å². The SMILES string of the molecule is CCCCCCCS(=O)(=O)CCCCNCc1c(O)cc2c(c1O)-c1cc(ccc1O)[C@H]1CC(=O)[C@@H]3NC(=O)[C@H](CC(=O)NC(=O)CC4CC4)CC(=O)[C@H](NC(=O)[C@H](CC)CC(C)C)[C@H](O)c4ccc(c(Cl)c4)Oc4cc3cc(c4O[C@@H]3O[C@H](CO)[C@@H](O)[C@H](O)[C@H]3O[C@H]3C[C@](C)(N)[C@H](O)[C@H](C)O3)O[C@@H]3CC=C(C=C3Cl)[C@@H](O)[C@H](NC1=O)C(=O)N[C@@H]2C(=O)CC1C2CC3CC(C2)CC1C3. The van der Waals surface area contributed by atoms with Gasteiger partial charge in [-0.25, -0.2) is 8.42 Å². The molecule has 7 fully saturated rings. The maximum absolute atomic E-state index is 17.0. The number of amides is 6. The summed E-state index contributed by atoms with van der Waals surface area (Å²) in [7, 11) is -3.39. The number of sulfone groups is 1. The van der Waals surface area contributed by atoms with Gasteiger partial charge in [-0.1, -0.05) is 94.8 Å². The van der Waals surface area contributed by atoms with Crippen molar-refractivity contribution in [3.8, 4) is 51.4 Å². The molecule has 7 aliphatic heterocycles. The number of carbonyl (C=O) groups excluding carboxylic acids is 9. The Hall–Kier alpha value is -8.72. The number of fused-ring (bicyclic) bond motifs is 14. The summed E-state index contributed by atoms with van der Waals surface area (Å²) in [6, 6.07) is 2.72. The monoisotopic (exact) mass is 1910 g/mol. The lowest BCUT2D eigenvalue weighted by Gasteiger charge is -2.54. The number of hydrogen-bond donors (Lipinski definition) is 16. The Balaban J connectivity index is 0.945. The zero-order chi connectivity index (χ0) is 95.5. The number of imide groups is 1. The molecule has 4 aromatic carbocycles. The molecule has 5 saturated carbocycles. The second-order valence-corrected chi connectivity index (χ2v) is 42.3. The molecule has 13 aliphatic rings. The van der Waals surface area contributed by atoms with Crippen molar-refractivity contribution >= 4 is 85.8 Å². The summed E-state index contributed by atoms with van der Waals surface area (Å²) in [5.74, 6) is -16.5. The van der Waals surface area contributed by atoms with Gasteiger partial charge in [0.25, 0.3) is 0 Å². The number of Topliss-reactive ketones (excluding diaryl/α,β-unsaturated/α-hetero) is 3. The summed E-state index contributed by atoms with van der Waals surface area (Å²) >= 11 is 14.7. The molecule has 0 spiro atoms. The number of phenolic OH excluding ortho intramolecular Hbond substituents is 3. The van der Waals surface area contributed by atoms with Gasteiger partial charge in [0, 0.05) is 74.1 Å². The number of hydrogen-bond acceptors (Lipinski definition) is 28. The summed E-state index contributed by atoms with van der Waals surface area (Å²) in [5, 5.41) is 126. The van der Waals surface area contributed by atoms with Crippen LogP contribution < -0.4 is 51.8 Å². The van der Waals surface area contributed by atoms with Gasteiger partial charge in [0.1, 0.15) is 93.6 Å². The highest BCUT2D eigenvalue weighted by molar-refractivity contribution is 7.91. The number of benzene rings is 4. The minimum absolute atomic E-state index is 0.0442. The molecular formula is C97H127Cl2N7O26S. The zero-order valence-electron chi connectivity index (χ0n) is 75.8. The van der Waals surface area contributed by atoms with E-state index in [1.54, 1.807) is 6.92 Å². The van der Waals surface area contributed by atoms with Crippen LogP contribution in [0.15, 0.2) is 77.4 Å². The average molecular weight is 1910 g/mol. The van der Waals surface area contributed by atoms with Gasteiger partial charge in [-0.2, -0.15) is 0 Å². The van der Waals surface area contributed by atoms with Gasteiger partial charge in [0.05, 0.1) is 57.8 Å². The number of rotatable bonds is 30. The fourth-order valence-electron chi connectivity index (χ4n) is 21.1. The third kappa shape index (κ3) is 23.4. The Morgan fingerprint density at radius 2 is 1.42 bits per heavy atom. The Kier molecular flexibility index (Phi) is 32.3. The molecule has 4 aromatic rings. The van der Waals surface area contributed by atoms with Crippen LogP contribution in [-0.4, -0.2) is 211 Å². The number of carbonyl (C=O) groups is 9. The maximum Gasteiger partial charge on any atom is 0.246 e. The molecule has 15 bridgehead atoms. The van der Waals surface area contributed by atoms with Crippen LogP contribution in [0.5, 0.6) is 40.2 Å². The van der Waals surface area contributed by atoms with Crippen LogP contribution in [0.2, 0.25) is 5.02 Å². The molecule has 19 atom stereocenters. The first kappa shape index (κ1) is 100. The van der Waals surface area contributed by atoms with Crippen molar-refractivity contribution in [2.24, 2.45) is 59.0 Å². The van der Waals surface area contributed by atoms with E-state index in [4.69, 9.17) is 57.4 Å². The number of aliphatic hydroxyl groups is 6. The van der Waals surface area contributed by atoms with Crippen LogP contribution in [-0.2, 0) is 73.7 Å². The summed E-state index contributed by atoms with van der Waals surface area (Å²) in [6.07, 6.45) is -8.49. The number of aromatic hydroxyl groups is 3. The van der Waals surface area contributed by atoms with Gasteiger partial charge in [0.15, 0.2) is 41.2 Å². The van der Waals surface area contributed by atoms with Crippen LogP contribution >= 0.6 is 23.2 Å². The van der Waals surface area contributed by atoms with Gasteiger partial charge in [0.2, 0.25) is 47.5 Å². The van der Waals surface area contributed by atoms with Gasteiger partial charge in [-0.15, -0.1) is 0 Å². The Bertz CT molecular complexity index is 5170. The van der Waals surface area contributed by atoms with Crippen LogP contribution in [0.3, 0.4) is 0 Å². The average Bonchev–Trinajstić information content (AvgIpc) is 1.73. The highest BCUT2D eigenvalue weighted by atomic mass is 35.5. The lowest BCUT2D eigenvalue weighted by atomic mass is 9.51. The van der Waals surface area contributed by atoms with Crippen molar-refractivity contribution in [3.63, 3.8) is 0 Å². The second kappa shape index (κ2) is 42.9. The molecule has 6 aliphatic carbocycles. The molecule has 7 heterocycles. The zero-order valence-corrected chi connectivity index (χ0v) is 78.1. The summed E-state index contributed by atoms with van der Waals surface area (Å²) in [5.41, 5.74) is 3.40. The minimum Gasteiger partial charge on any atom is -0.507 e. The van der Waals surface area contributed by atoms with Crippen molar-refractivity contribution in [1.82, 2.24) is 31.9 Å². The third-order valence-corrected chi connectivity index (χ3v) is 30.9. The van der Waals surface area contributed by atoms with E-state index in [1.165, 1.54) is 68.5 Å². The first-order chi connectivity index (χ1) is 63.3. The predicted octanol–water partition coefficient (Wildman–Crippen LogP) is 8.76. The molecule has 2 saturated heterocycles. The number of unbranched alkanes of at least 4 members (excludes halogenated alkanes) is 5. The standard InChI is InChI=1S/C97H127Cl2N7O26S/c1-7-9-10-11-13-24-133(125,126)25-14-12-23-101-44-63-67(109)42-62-79(86(63)117)61-33-52(17-20-66(61)108)60-41-69(111)80-57-37-73(128-71-21-18-53(34-64(71)98)84(115)82(105-92(121)51(8-2)26-46(3)4)68(110)36-58(93(122)103-80)39-77(114)102-76(113)32-48-15-16-48)89(132-96-90(88(119)87(118)75(45-107)130-96)131-78-43-97(6,100)91(120)47(5)127-78)74(38-57)129-72-22-19-54(35-65(72)99)85(116)83(106-94(60)123)95(124)104-81(62)70(112)40-59-55-28-49-27-50(30-55)31-56(59)29-49/h17-21,33-35,37-38,42,46-51,55-56,58-60,72,75,78,80-85,87-88,90-91,96,101,107-109,115-120H,7-16,22-32,36,39-41,43-45,100H2,1-6H3,(H,103,122)(H,104,124)(H,105,121)(H,106,123)(H,102,113,114)/t47-,49?,50?,51+,55?,56?,58-,59?,60+,72+,75+,78-,80+,81-,82-,83-,84+,85+,87+,88-,90+,91+,96-,97-/m0/s1. The topological polar surface area (TPSA) is 523 Å². The lowest BCUT2D eigenvalue weighted by Crippen LogP contribution is -2.64. The summed E-state index contributed by atoms with van der Waals surface area (Å²) < 4.78 is 65.9. The third-order valence-electron chi connectivity index (χ3n) is 28.5. The van der Waals surface area contributed by atoms with Crippen molar-refractivity contribution in [3.05, 3.63) is 110 Å². The van der Waals surface area contributed by atoms with Gasteiger partial charge in [-0.05, 0) is 215 Å². The van der Waals surface area contributed by atoms with Crippen LogP contribution in [0.1, 0.15) is 241 Å². The maximum atomic E-state index is 17.0. The number of phenols is 3. The molecule has 133 heavy (non-hydrogen) atoms. The number of nitrogens with two attached hydrogens (primary N) is 1. The Morgan fingerprint density at radius 1 is 0.729 bits per heavy atom. The largest absolute Gasteiger partial charge is 0.507 e. The van der Waals surface area contributed by atoms with Gasteiger partial charge in [-0.3, -0.25) is 48.5 Å². The number of halogens is 2. The fraction of sp³-hybridized carbons (Fsp3) is 0.619. The van der Waals surface area contributed by atoms with E-state index in [-0.39, 0.29) is 153 Å². The van der Waals surface area contributed by atoms with Crippen LogP contribution in [0.4, 0.5) is 0 Å². The number of ketones is 3. The van der Waals surface area contributed by atoms with E-state index in [1.807, 2.05) is 13.8 Å².